The quantitative estimate of drug-likeness (QED) is 0.0261. The molecule has 0 rings (SSSR count). The first-order valence-electron chi connectivity index (χ1n) is 34.9. The van der Waals surface area contributed by atoms with E-state index >= 15 is 0 Å². The summed E-state index contributed by atoms with van der Waals surface area (Å²) in [6.07, 6.45) is 95.3. The summed E-state index contributed by atoms with van der Waals surface area (Å²) in [7, 11) is 0. The zero-order valence-electron chi connectivity index (χ0n) is 54.0. The van der Waals surface area contributed by atoms with Gasteiger partial charge in [-0.3, -0.25) is 14.4 Å². The number of ether oxygens (including phenoxy) is 3. The zero-order valence-corrected chi connectivity index (χ0v) is 54.0. The van der Waals surface area contributed by atoms with Crippen LogP contribution in [0.3, 0.4) is 0 Å². The minimum absolute atomic E-state index is 0.0782. The molecule has 0 spiro atoms. The molecule has 0 saturated heterocycles. The largest absolute Gasteiger partial charge is 0.462 e. The fourth-order valence-corrected chi connectivity index (χ4v) is 9.88. The molecule has 0 aromatic rings. The normalized spacial score (nSPS) is 12.8. The first kappa shape index (κ1) is 78.1. The molecular weight excluding hydrogens is 1010 g/mol. The lowest BCUT2D eigenvalue weighted by atomic mass is 10.0. The summed E-state index contributed by atoms with van der Waals surface area (Å²) in [4.78, 5) is 38.4. The van der Waals surface area contributed by atoms with Gasteiger partial charge < -0.3 is 14.2 Å². The maximum atomic E-state index is 13.0. The van der Waals surface area contributed by atoms with Crippen LogP contribution in [0.25, 0.3) is 0 Å². The number of carbonyl (C=O) groups is 3. The second-order valence-corrected chi connectivity index (χ2v) is 23.0. The molecule has 0 aliphatic carbocycles. The summed E-state index contributed by atoms with van der Waals surface area (Å²) in [6, 6.07) is 0. The number of esters is 3. The van der Waals surface area contributed by atoms with E-state index in [1.165, 1.54) is 173 Å². The Morgan fingerprint density at radius 3 is 0.744 bits per heavy atom. The molecule has 0 saturated carbocycles. The van der Waals surface area contributed by atoms with Crippen LogP contribution in [-0.4, -0.2) is 37.2 Å². The molecule has 6 heteroatoms. The van der Waals surface area contributed by atoms with Gasteiger partial charge in [0.1, 0.15) is 13.2 Å². The fraction of sp³-hybridized carbons (Fsp3) is 0.724. The van der Waals surface area contributed by atoms with Gasteiger partial charge in [0.15, 0.2) is 6.10 Å². The van der Waals surface area contributed by atoms with E-state index in [1.807, 2.05) is 0 Å². The number of hydrogen-bond donors (Lipinski definition) is 0. The molecule has 0 heterocycles. The molecule has 0 bridgehead atoms. The predicted octanol–water partition coefficient (Wildman–Crippen LogP) is 24.2. The van der Waals surface area contributed by atoms with E-state index < -0.39 is 6.10 Å². The van der Waals surface area contributed by atoms with Gasteiger partial charge in [0.25, 0.3) is 0 Å². The van der Waals surface area contributed by atoms with Crippen LogP contribution in [0, 0.1) is 0 Å². The molecule has 1 unspecified atom stereocenters. The van der Waals surface area contributed by atoms with Crippen molar-refractivity contribution in [1.29, 1.82) is 0 Å². The lowest BCUT2D eigenvalue weighted by molar-refractivity contribution is -0.167. The Morgan fingerprint density at radius 1 is 0.256 bits per heavy atom. The smallest absolute Gasteiger partial charge is 0.306 e. The molecule has 0 amide bonds. The van der Waals surface area contributed by atoms with E-state index in [0.717, 1.165) is 122 Å². The summed E-state index contributed by atoms with van der Waals surface area (Å²) >= 11 is 0. The highest BCUT2D eigenvalue weighted by molar-refractivity contribution is 5.71. The number of allylic oxidation sites excluding steroid dienone is 18. The van der Waals surface area contributed by atoms with Crippen molar-refractivity contribution >= 4 is 17.9 Å². The van der Waals surface area contributed by atoms with Gasteiger partial charge >= 0.3 is 17.9 Å². The molecule has 1 atom stereocenters. The number of hydrogen-bond acceptors (Lipinski definition) is 6. The van der Waals surface area contributed by atoms with Crippen LogP contribution < -0.4 is 0 Å². The maximum Gasteiger partial charge on any atom is 0.306 e. The summed E-state index contributed by atoms with van der Waals surface area (Å²) in [5.74, 6) is -0.872. The highest BCUT2D eigenvalue weighted by Crippen LogP contribution is 2.17. The van der Waals surface area contributed by atoms with Gasteiger partial charge in [-0.25, -0.2) is 0 Å². The number of rotatable bonds is 63. The van der Waals surface area contributed by atoms with Crippen molar-refractivity contribution in [2.24, 2.45) is 0 Å². The first-order chi connectivity index (χ1) is 40.5. The minimum atomic E-state index is -0.784. The van der Waals surface area contributed by atoms with E-state index in [0.29, 0.717) is 19.3 Å². The lowest BCUT2D eigenvalue weighted by Crippen LogP contribution is -2.30. The monoisotopic (exact) mass is 1140 g/mol. The van der Waals surface area contributed by atoms with Crippen LogP contribution in [0.15, 0.2) is 109 Å². The third-order valence-electron chi connectivity index (χ3n) is 15.0. The Labute approximate surface area is 508 Å². The van der Waals surface area contributed by atoms with Crippen LogP contribution in [0.1, 0.15) is 335 Å². The van der Waals surface area contributed by atoms with Crippen LogP contribution >= 0.6 is 0 Å². The van der Waals surface area contributed by atoms with E-state index in [-0.39, 0.29) is 31.1 Å². The van der Waals surface area contributed by atoms with E-state index in [2.05, 4.69) is 130 Å². The van der Waals surface area contributed by atoms with Crippen molar-refractivity contribution in [3.05, 3.63) is 109 Å². The van der Waals surface area contributed by atoms with Crippen molar-refractivity contribution in [3.63, 3.8) is 0 Å². The topological polar surface area (TPSA) is 78.9 Å². The summed E-state index contributed by atoms with van der Waals surface area (Å²) < 4.78 is 17.0. The predicted molar refractivity (Wildman–Crippen MR) is 357 cm³/mol. The van der Waals surface area contributed by atoms with E-state index in [9.17, 15) is 14.4 Å². The molecule has 0 aliphatic rings. The van der Waals surface area contributed by atoms with Crippen molar-refractivity contribution in [3.8, 4) is 0 Å². The van der Waals surface area contributed by atoms with Gasteiger partial charge in [0.05, 0.1) is 0 Å². The van der Waals surface area contributed by atoms with Gasteiger partial charge in [-0.15, -0.1) is 0 Å². The molecule has 82 heavy (non-hydrogen) atoms. The van der Waals surface area contributed by atoms with Gasteiger partial charge in [-0.2, -0.15) is 0 Å². The molecular formula is C76H130O6. The molecule has 6 nitrogen and oxygen atoms in total. The molecule has 0 aromatic heterocycles. The van der Waals surface area contributed by atoms with Crippen molar-refractivity contribution in [1.82, 2.24) is 0 Å². The van der Waals surface area contributed by atoms with Gasteiger partial charge in [-0.1, -0.05) is 323 Å². The second-order valence-electron chi connectivity index (χ2n) is 23.0. The van der Waals surface area contributed by atoms with Gasteiger partial charge in [0, 0.05) is 19.3 Å². The third kappa shape index (κ3) is 66.9. The summed E-state index contributed by atoms with van der Waals surface area (Å²) in [5, 5.41) is 0. The van der Waals surface area contributed by atoms with Crippen molar-refractivity contribution in [2.75, 3.05) is 13.2 Å². The Balaban J connectivity index is 4.29. The van der Waals surface area contributed by atoms with Crippen molar-refractivity contribution in [2.45, 2.75) is 341 Å². The highest BCUT2D eigenvalue weighted by Gasteiger charge is 2.19. The Morgan fingerprint density at radius 2 is 0.476 bits per heavy atom. The molecule has 0 N–H and O–H groups in total. The van der Waals surface area contributed by atoms with Gasteiger partial charge in [0.2, 0.25) is 0 Å². The Hall–Kier alpha value is -3.93. The van der Waals surface area contributed by atoms with Crippen LogP contribution in [0.2, 0.25) is 0 Å². The average molecular weight is 1140 g/mol. The lowest BCUT2D eigenvalue weighted by Gasteiger charge is -2.18. The molecule has 0 radical (unpaired) electrons. The summed E-state index contributed by atoms with van der Waals surface area (Å²) in [6.45, 7) is 6.45. The maximum absolute atomic E-state index is 13.0. The standard InChI is InChI=1S/C76H130O6/c1-4-7-10-13-16-19-22-25-28-30-32-34-35-36-37-38-39-40-41-43-44-46-48-51-54-57-60-63-66-69-75(78)81-72-73(71-80-74(77)68-65-62-59-56-53-50-27-24-21-18-15-12-9-6-3)82-76(79)70-67-64-61-58-55-52-49-47-45-42-33-31-29-26-23-20-17-14-11-8-5-2/h7-8,10-11,16-17,19-20,25-26,28-29,32-34,36-37,42,73H,4-6,9,12-15,18,21-24,27,30-31,35,38-41,43-72H2,1-3H3/b10-7-,11-8-,19-16-,20-17-,28-25-,29-26-,34-32-,37-36-,42-33-. The fourth-order valence-electron chi connectivity index (χ4n) is 9.88. The van der Waals surface area contributed by atoms with Crippen LogP contribution in [0.4, 0.5) is 0 Å². The van der Waals surface area contributed by atoms with E-state index in [4.69, 9.17) is 14.2 Å². The Kier molecular flexibility index (Phi) is 66.2. The van der Waals surface area contributed by atoms with E-state index in [1.54, 1.807) is 0 Å². The zero-order chi connectivity index (χ0) is 59.2. The second kappa shape index (κ2) is 69.6. The number of carbonyl (C=O) groups excluding carboxylic acids is 3. The SMILES string of the molecule is CC/C=C\C/C=C\C/C=C\C/C=C\C/C=C\CCCCCCCCCCCCCCCC(=O)OCC(COC(=O)CCCCCCCCCCCCCCCC)OC(=O)CCCCCCCCCC/C=C\C/C=C\C/C=C\C/C=C\CC. The van der Waals surface area contributed by atoms with Crippen LogP contribution in [0.5, 0.6) is 0 Å². The molecule has 470 valence electrons. The third-order valence-corrected chi connectivity index (χ3v) is 15.0. The first-order valence-corrected chi connectivity index (χ1v) is 34.9. The number of unbranched alkanes of at least 4 members (excludes halogenated alkanes) is 34. The minimum Gasteiger partial charge on any atom is -0.462 e. The van der Waals surface area contributed by atoms with Gasteiger partial charge in [-0.05, 0) is 103 Å². The van der Waals surface area contributed by atoms with Crippen molar-refractivity contribution < 1.29 is 28.6 Å². The Bertz CT molecular complexity index is 1640. The summed E-state index contributed by atoms with van der Waals surface area (Å²) in [5.41, 5.74) is 0. The molecule has 0 aromatic carbocycles. The average Bonchev–Trinajstić information content (AvgIpc) is 3.47. The van der Waals surface area contributed by atoms with Crippen LogP contribution in [-0.2, 0) is 28.6 Å². The molecule has 0 aliphatic heterocycles. The highest BCUT2D eigenvalue weighted by atomic mass is 16.6. The molecule has 0 fully saturated rings.